The van der Waals surface area contributed by atoms with Crippen molar-refractivity contribution in [3.05, 3.63) is 28.7 Å². The molecule has 0 spiro atoms. The fraction of sp³-hybridized carbons (Fsp3) is 0.455. The molecule has 1 atom stereocenters. The van der Waals surface area contributed by atoms with Crippen molar-refractivity contribution in [2.45, 2.75) is 17.9 Å². The minimum atomic E-state index is -3.42. The molecule has 0 amide bonds. The summed E-state index contributed by atoms with van der Waals surface area (Å²) in [6, 6.07) is 6.39. The zero-order valence-electron chi connectivity index (χ0n) is 9.56. The first kappa shape index (κ1) is 14.6. The minimum Gasteiger partial charge on any atom is -0.391 e. The van der Waals surface area contributed by atoms with Gasteiger partial charge in [-0.15, -0.1) is 0 Å². The van der Waals surface area contributed by atoms with Gasteiger partial charge in [0.05, 0.1) is 16.8 Å². The van der Waals surface area contributed by atoms with Gasteiger partial charge >= 0.3 is 0 Å². The number of hydrogen-bond donors (Lipinski definition) is 2. The summed E-state index contributed by atoms with van der Waals surface area (Å²) >= 11 is 3.24. The lowest BCUT2D eigenvalue weighted by Gasteiger charge is -2.11. The van der Waals surface area contributed by atoms with E-state index in [1.807, 2.05) is 6.92 Å². The Bertz CT molecular complexity index is 444. The highest BCUT2D eigenvalue weighted by molar-refractivity contribution is 9.10. The highest BCUT2D eigenvalue weighted by Gasteiger charge is 2.19. The van der Waals surface area contributed by atoms with Crippen molar-refractivity contribution in [2.24, 2.45) is 0 Å². The molecule has 1 rings (SSSR count). The standard InChI is InChI=1S/C11H16BrNO3S/c1-2-13-7-10(14)8-17(15,16)11-5-3-9(12)4-6-11/h3-6,10,13-14H,2,7-8H2,1H3. The van der Waals surface area contributed by atoms with Crippen molar-refractivity contribution >= 4 is 25.8 Å². The molecule has 1 aromatic carbocycles. The topological polar surface area (TPSA) is 66.4 Å². The van der Waals surface area contributed by atoms with Gasteiger partial charge in [0.15, 0.2) is 9.84 Å². The zero-order chi connectivity index (χ0) is 12.9. The number of likely N-dealkylation sites (N-methyl/N-ethyl adjacent to an activating group) is 1. The molecule has 0 bridgehead atoms. The molecular formula is C11H16BrNO3S. The molecule has 0 radical (unpaired) electrons. The Balaban J connectivity index is 2.71. The van der Waals surface area contributed by atoms with Crippen LogP contribution in [-0.4, -0.2) is 38.5 Å². The van der Waals surface area contributed by atoms with E-state index in [0.29, 0.717) is 6.54 Å². The third-order valence-corrected chi connectivity index (χ3v) is 4.56. The predicted octanol–water partition coefficient (Wildman–Crippen LogP) is 1.19. The van der Waals surface area contributed by atoms with Gasteiger partial charge in [-0.1, -0.05) is 22.9 Å². The molecule has 17 heavy (non-hydrogen) atoms. The molecule has 0 aromatic heterocycles. The quantitative estimate of drug-likeness (QED) is 0.826. The summed E-state index contributed by atoms with van der Waals surface area (Å²) in [6.45, 7) is 2.89. The van der Waals surface area contributed by atoms with Crippen LogP contribution < -0.4 is 5.32 Å². The maximum Gasteiger partial charge on any atom is 0.180 e. The second kappa shape index (κ2) is 6.49. The highest BCUT2D eigenvalue weighted by atomic mass is 79.9. The first-order valence-corrected chi connectivity index (χ1v) is 7.77. The van der Waals surface area contributed by atoms with E-state index in [1.165, 1.54) is 12.1 Å². The van der Waals surface area contributed by atoms with Crippen molar-refractivity contribution in [1.29, 1.82) is 0 Å². The molecule has 6 heteroatoms. The van der Waals surface area contributed by atoms with Gasteiger partial charge in [-0.05, 0) is 30.8 Å². The fourth-order valence-electron chi connectivity index (χ4n) is 1.36. The molecule has 96 valence electrons. The summed E-state index contributed by atoms with van der Waals surface area (Å²) in [5.74, 6) is -0.262. The van der Waals surface area contributed by atoms with Crippen LogP contribution in [0.4, 0.5) is 0 Å². The van der Waals surface area contributed by atoms with Crippen LogP contribution in [0.15, 0.2) is 33.6 Å². The maximum atomic E-state index is 11.9. The normalized spacial score (nSPS) is 13.6. The lowest BCUT2D eigenvalue weighted by Crippen LogP contribution is -2.32. The van der Waals surface area contributed by atoms with Gasteiger partial charge < -0.3 is 10.4 Å². The average molecular weight is 322 g/mol. The lowest BCUT2D eigenvalue weighted by molar-refractivity contribution is 0.194. The van der Waals surface area contributed by atoms with Crippen LogP contribution in [0.5, 0.6) is 0 Å². The van der Waals surface area contributed by atoms with E-state index in [4.69, 9.17) is 0 Å². The van der Waals surface area contributed by atoms with Crippen molar-refractivity contribution in [2.75, 3.05) is 18.8 Å². The molecule has 0 aliphatic heterocycles. The summed E-state index contributed by atoms with van der Waals surface area (Å²) in [6.07, 6.45) is -0.886. The van der Waals surface area contributed by atoms with Crippen LogP contribution in [0, 0.1) is 0 Å². The Morgan fingerprint density at radius 2 is 1.94 bits per heavy atom. The Hall–Kier alpha value is -0.430. The summed E-state index contributed by atoms with van der Waals surface area (Å²) in [7, 11) is -3.42. The number of nitrogens with one attached hydrogen (secondary N) is 1. The van der Waals surface area contributed by atoms with Gasteiger partial charge in [-0.2, -0.15) is 0 Å². The van der Waals surface area contributed by atoms with E-state index in [1.54, 1.807) is 12.1 Å². The molecule has 0 aliphatic carbocycles. The molecular weight excluding hydrogens is 306 g/mol. The largest absolute Gasteiger partial charge is 0.391 e. The summed E-state index contributed by atoms with van der Waals surface area (Å²) < 4.78 is 24.7. The number of rotatable bonds is 6. The molecule has 2 N–H and O–H groups in total. The van der Waals surface area contributed by atoms with Crippen LogP contribution in [0.3, 0.4) is 0 Å². The number of aliphatic hydroxyl groups excluding tert-OH is 1. The van der Waals surface area contributed by atoms with E-state index in [9.17, 15) is 13.5 Å². The molecule has 0 saturated heterocycles. The van der Waals surface area contributed by atoms with Crippen LogP contribution in [0.2, 0.25) is 0 Å². The van der Waals surface area contributed by atoms with Gasteiger partial charge in [-0.25, -0.2) is 8.42 Å². The minimum absolute atomic E-state index is 0.233. The Labute approximate surface area is 110 Å². The van der Waals surface area contributed by atoms with Gasteiger partial charge in [0, 0.05) is 11.0 Å². The second-order valence-corrected chi connectivity index (χ2v) is 6.65. The second-order valence-electron chi connectivity index (χ2n) is 3.70. The number of sulfone groups is 1. The number of hydrogen-bond acceptors (Lipinski definition) is 4. The van der Waals surface area contributed by atoms with Gasteiger partial charge in [-0.3, -0.25) is 0 Å². The molecule has 0 fully saturated rings. The first-order chi connectivity index (χ1) is 7.95. The van der Waals surface area contributed by atoms with E-state index >= 15 is 0 Å². The average Bonchev–Trinajstić information content (AvgIpc) is 2.26. The molecule has 0 saturated carbocycles. The van der Waals surface area contributed by atoms with Crippen LogP contribution >= 0.6 is 15.9 Å². The van der Waals surface area contributed by atoms with Gasteiger partial charge in [0.1, 0.15) is 0 Å². The monoisotopic (exact) mass is 321 g/mol. The SMILES string of the molecule is CCNCC(O)CS(=O)(=O)c1ccc(Br)cc1. The Morgan fingerprint density at radius 1 is 1.35 bits per heavy atom. The van der Waals surface area contributed by atoms with Gasteiger partial charge in [0.2, 0.25) is 0 Å². The van der Waals surface area contributed by atoms with Crippen LogP contribution in [-0.2, 0) is 9.84 Å². The lowest BCUT2D eigenvalue weighted by atomic mass is 10.4. The molecule has 0 aliphatic rings. The highest BCUT2D eigenvalue weighted by Crippen LogP contribution is 2.16. The third-order valence-electron chi connectivity index (χ3n) is 2.21. The first-order valence-electron chi connectivity index (χ1n) is 5.33. The number of halogens is 1. The molecule has 0 heterocycles. The van der Waals surface area contributed by atoms with E-state index in [2.05, 4.69) is 21.2 Å². The number of aliphatic hydroxyl groups is 1. The Morgan fingerprint density at radius 3 is 2.47 bits per heavy atom. The Kier molecular flexibility index (Phi) is 5.58. The van der Waals surface area contributed by atoms with Gasteiger partial charge in [0.25, 0.3) is 0 Å². The third kappa shape index (κ3) is 4.75. The fourth-order valence-corrected chi connectivity index (χ4v) is 2.99. The smallest absolute Gasteiger partial charge is 0.180 e. The van der Waals surface area contributed by atoms with E-state index in [-0.39, 0.29) is 17.2 Å². The van der Waals surface area contributed by atoms with Crippen LogP contribution in [0.25, 0.3) is 0 Å². The summed E-state index contributed by atoms with van der Waals surface area (Å²) in [5, 5.41) is 12.5. The van der Waals surface area contributed by atoms with Crippen molar-refractivity contribution in [3.8, 4) is 0 Å². The van der Waals surface area contributed by atoms with Crippen molar-refractivity contribution < 1.29 is 13.5 Å². The van der Waals surface area contributed by atoms with E-state index < -0.39 is 15.9 Å². The molecule has 1 unspecified atom stereocenters. The zero-order valence-corrected chi connectivity index (χ0v) is 12.0. The van der Waals surface area contributed by atoms with Crippen LogP contribution in [0.1, 0.15) is 6.92 Å². The summed E-state index contributed by atoms with van der Waals surface area (Å²) in [4.78, 5) is 0.233. The molecule has 1 aromatic rings. The number of benzene rings is 1. The summed E-state index contributed by atoms with van der Waals surface area (Å²) in [5.41, 5.74) is 0. The predicted molar refractivity (Wildman–Crippen MR) is 70.7 cm³/mol. The van der Waals surface area contributed by atoms with Crippen molar-refractivity contribution in [3.63, 3.8) is 0 Å². The van der Waals surface area contributed by atoms with E-state index in [0.717, 1.165) is 4.47 Å². The van der Waals surface area contributed by atoms with Crippen molar-refractivity contribution in [1.82, 2.24) is 5.32 Å². The molecule has 4 nitrogen and oxygen atoms in total. The maximum absolute atomic E-state index is 11.9.